The predicted molar refractivity (Wildman–Crippen MR) is 156 cm³/mol. The molecule has 0 saturated heterocycles. The predicted octanol–water partition coefficient (Wildman–Crippen LogP) is 3.61. The molecule has 4 aromatic rings. The molecule has 3 aromatic carbocycles. The van der Waals surface area contributed by atoms with Gasteiger partial charge in [-0.25, -0.2) is 18.3 Å². The van der Waals surface area contributed by atoms with E-state index >= 15 is 0 Å². The van der Waals surface area contributed by atoms with Gasteiger partial charge in [-0.05, 0) is 47.9 Å². The van der Waals surface area contributed by atoms with Crippen molar-refractivity contribution in [2.24, 2.45) is 5.73 Å². The number of rotatable bonds is 12. The van der Waals surface area contributed by atoms with Gasteiger partial charge in [-0.3, -0.25) is 4.79 Å². The Bertz CT molecular complexity index is 1620. The van der Waals surface area contributed by atoms with Gasteiger partial charge in [0.05, 0.1) is 0 Å². The van der Waals surface area contributed by atoms with E-state index in [1.807, 2.05) is 10.8 Å². The van der Waals surface area contributed by atoms with Crippen molar-refractivity contribution in [2.75, 3.05) is 13.1 Å². The van der Waals surface area contributed by atoms with E-state index in [2.05, 4.69) is 5.32 Å². The number of esters is 1. The van der Waals surface area contributed by atoms with Gasteiger partial charge in [0.15, 0.2) is 5.69 Å². The highest BCUT2D eigenvalue weighted by molar-refractivity contribution is 7.88. The van der Waals surface area contributed by atoms with Crippen LogP contribution in [-0.4, -0.2) is 43.4 Å². The lowest BCUT2D eigenvalue weighted by Crippen LogP contribution is -2.36. The van der Waals surface area contributed by atoms with Crippen LogP contribution >= 0.6 is 0 Å². The number of carbonyl (C=O) groups is 3. The summed E-state index contributed by atoms with van der Waals surface area (Å²) in [5, 5.41) is 2.76. The lowest BCUT2D eigenvalue weighted by molar-refractivity contribution is 0.0465. The molecule has 4 N–H and O–H groups in total. The maximum atomic E-state index is 13.3. The van der Waals surface area contributed by atoms with E-state index in [4.69, 9.17) is 15.2 Å². The van der Waals surface area contributed by atoms with Crippen molar-refractivity contribution in [3.05, 3.63) is 120 Å². The topological polar surface area (TPSA) is 159 Å². The summed E-state index contributed by atoms with van der Waals surface area (Å²) in [4.78, 5) is 38.1. The van der Waals surface area contributed by atoms with E-state index in [9.17, 15) is 22.8 Å². The fraction of sp³-hybridized carbons (Fsp3) is 0.167. The number of benzene rings is 3. The van der Waals surface area contributed by atoms with Gasteiger partial charge in [0.2, 0.25) is 0 Å². The number of aromatic nitrogens is 1. The highest BCUT2D eigenvalue weighted by Gasteiger charge is 2.28. The summed E-state index contributed by atoms with van der Waals surface area (Å²) in [7, 11) is -4.63. The van der Waals surface area contributed by atoms with E-state index in [0.29, 0.717) is 45.7 Å². The number of hydrogen-bond acceptors (Lipinski definition) is 8. The van der Waals surface area contributed by atoms with Gasteiger partial charge in [0.1, 0.15) is 13.2 Å². The van der Waals surface area contributed by atoms with E-state index in [1.165, 1.54) is 6.07 Å². The third-order valence-electron chi connectivity index (χ3n) is 6.07. The first kappa shape index (κ1) is 30.0. The summed E-state index contributed by atoms with van der Waals surface area (Å²) < 4.78 is 39.5. The van der Waals surface area contributed by atoms with Crippen molar-refractivity contribution in [3.8, 4) is 11.1 Å². The fourth-order valence-electron chi connectivity index (χ4n) is 3.95. The zero-order chi connectivity index (χ0) is 30.0. The van der Waals surface area contributed by atoms with Crippen molar-refractivity contribution in [1.82, 2.24) is 14.0 Å². The SMILES string of the molecule is NCCCNC(=O)c1ccc(-c2ccn(S(=O)(=O)NC(=O)OCc3ccccc3)c2C(=O)OCc2ccccc2)cc1. The number of ether oxygens (including phenoxy) is 2. The highest BCUT2D eigenvalue weighted by Crippen LogP contribution is 2.27. The molecule has 0 radical (unpaired) electrons. The molecule has 1 aromatic heterocycles. The number of nitrogens with zero attached hydrogens (tertiary/aromatic N) is 1. The largest absolute Gasteiger partial charge is 0.456 e. The zero-order valence-electron chi connectivity index (χ0n) is 22.6. The Hall–Kier alpha value is -4.94. The summed E-state index contributed by atoms with van der Waals surface area (Å²) in [5.74, 6) is -1.23. The van der Waals surface area contributed by atoms with Gasteiger partial charge in [-0.15, -0.1) is 0 Å². The van der Waals surface area contributed by atoms with Crippen molar-refractivity contribution >= 4 is 28.2 Å². The second-order valence-electron chi connectivity index (χ2n) is 9.08. The standard InChI is InChI=1S/C30H30N4O7S/c31-17-7-18-32-28(35)25-14-12-24(13-15-25)26-16-19-34(27(26)29(36)40-20-22-8-3-1-4-9-22)42(38,39)33-30(37)41-21-23-10-5-2-6-11-23/h1-6,8-16,19H,7,17-18,20-21,31H2,(H,32,35)(H,33,37). The van der Waals surface area contributed by atoms with Crippen LogP contribution in [0.25, 0.3) is 11.1 Å². The molecule has 0 aliphatic rings. The van der Waals surface area contributed by atoms with Crippen molar-refractivity contribution in [3.63, 3.8) is 0 Å². The monoisotopic (exact) mass is 590 g/mol. The second-order valence-corrected chi connectivity index (χ2v) is 10.6. The van der Waals surface area contributed by atoms with Gasteiger partial charge < -0.3 is 20.5 Å². The molecule has 0 atom stereocenters. The lowest BCUT2D eigenvalue weighted by Gasteiger charge is -2.13. The van der Waals surface area contributed by atoms with Crippen LogP contribution in [0.15, 0.2) is 97.2 Å². The van der Waals surface area contributed by atoms with Crippen LogP contribution in [0, 0.1) is 0 Å². The third kappa shape index (κ3) is 7.83. The van der Waals surface area contributed by atoms with Crippen LogP contribution in [0.4, 0.5) is 4.79 Å². The Morgan fingerprint density at radius 2 is 1.38 bits per heavy atom. The zero-order valence-corrected chi connectivity index (χ0v) is 23.4. The first-order valence-electron chi connectivity index (χ1n) is 13.0. The van der Waals surface area contributed by atoms with Crippen molar-refractivity contribution in [2.45, 2.75) is 19.6 Å². The molecular formula is C30H30N4O7S. The van der Waals surface area contributed by atoms with Gasteiger partial charge in [0, 0.05) is 23.9 Å². The van der Waals surface area contributed by atoms with Crippen LogP contribution in [0.2, 0.25) is 0 Å². The van der Waals surface area contributed by atoms with Crippen LogP contribution < -0.4 is 15.8 Å². The molecule has 0 saturated carbocycles. The van der Waals surface area contributed by atoms with Gasteiger partial charge in [-0.2, -0.15) is 8.42 Å². The lowest BCUT2D eigenvalue weighted by atomic mass is 10.0. The number of carbonyl (C=O) groups excluding carboxylic acids is 3. The van der Waals surface area contributed by atoms with E-state index in [1.54, 1.807) is 78.9 Å². The Balaban J connectivity index is 1.59. The molecular weight excluding hydrogens is 560 g/mol. The molecule has 1 heterocycles. The van der Waals surface area contributed by atoms with Crippen LogP contribution in [0.1, 0.15) is 38.4 Å². The normalized spacial score (nSPS) is 11.0. The quantitative estimate of drug-likeness (QED) is 0.167. The molecule has 0 unspecified atom stereocenters. The second kappa shape index (κ2) is 14.1. The first-order valence-corrected chi connectivity index (χ1v) is 14.5. The smallest absolute Gasteiger partial charge is 0.422 e. The summed E-state index contributed by atoms with van der Waals surface area (Å²) in [6.45, 7) is 0.605. The Morgan fingerprint density at radius 1 is 0.786 bits per heavy atom. The number of nitrogens with one attached hydrogen (secondary N) is 2. The highest BCUT2D eigenvalue weighted by atomic mass is 32.2. The van der Waals surface area contributed by atoms with Crippen LogP contribution in [0.5, 0.6) is 0 Å². The maximum absolute atomic E-state index is 13.3. The van der Waals surface area contributed by atoms with E-state index < -0.39 is 22.3 Å². The Labute approximate surface area is 243 Å². The number of hydrogen-bond donors (Lipinski definition) is 3. The molecule has 218 valence electrons. The minimum Gasteiger partial charge on any atom is -0.456 e. The average Bonchev–Trinajstić information content (AvgIpc) is 3.46. The van der Waals surface area contributed by atoms with Crippen molar-refractivity contribution < 1.29 is 32.3 Å². The average molecular weight is 591 g/mol. The number of nitrogens with two attached hydrogens (primary N) is 1. The van der Waals surface area contributed by atoms with E-state index in [-0.39, 0.29) is 30.4 Å². The first-order chi connectivity index (χ1) is 20.3. The van der Waals surface area contributed by atoms with Crippen molar-refractivity contribution in [1.29, 1.82) is 0 Å². The molecule has 0 aliphatic heterocycles. The molecule has 0 spiro atoms. The summed E-state index contributed by atoms with van der Waals surface area (Å²) in [5.41, 5.74) is 7.52. The third-order valence-corrected chi connectivity index (χ3v) is 7.31. The maximum Gasteiger partial charge on any atom is 0.422 e. The van der Waals surface area contributed by atoms with Crippen LogP contribution in [-0.2, 0) is 32.9 Å². The molecule has 11 nitrogen and oxygen atoms in total. The number of amides is 2. The molecule has 2 amide bonds. The van der Waals surface area contributed by atoms with Gasteiger partial charge in [0.25, 0.3) is 5.91 Å². The minimum absolute atomic E-state index is 0.112. The summed E-state index contributed by atoms with van der Waals surface area (Å²) in [6.07, 6.45) is 0.547. The van der Waals surface area contributed by atoms with Crippen LogP contribution in [0.3, 0.4) is 0 Å². The van der Waals surface area contributed by atoms with E-state index in [0.717, 1.165) is 6.20 Å². The molecule has 42 heavy (non-hydrogen) atoms. The summed E-state index contributed by atoms with van der Waals surface area (Å²) in [6, 6.07) is 25.3. The summed E-state index contributed by atoms with van der Waals surface area (Å²) >= 11 is 0. The minimum atomic E-state index is -4.63. The van der Waals surface area contributed by atoms with Gasteiger partial charge in [-0.1, -0.05) is 72.8 Å². The Morgan fingerprint density at radius 3 is 1.98 bits per heavy atom. The molecule has 0 aliphatic carbocycles. The molecule has 12 heteroatoms. The Kier molecular flexibility index (Phi) is 10.1. The van der Waals surface area contributed by atoms with Gasteiger partial charge >= 0.3 is 22.3 Å². The molecule has 0 bridgehead atoms. The fourth-order valence-corrected chi connectivity index (χ4v) is 4.96. The molecule has 4 rings (SSSR count). The molecule has 0 fully saturated rings.